The van der Waals surface area contributed by atoms with Crippen LogP contribution in [0.3, 0.4) is 0 Å². The SMILES string of the molecule is C=CC(=O)NCCC(C)(CCCC)N(C)/C=N\C(=C)N. The summed E-state index contributed by atoms with van der Waals surface area (Å²) in [5.41, 5.74) is 5.37. The standard InChI is InChI=1S/C15H28N4O/c1-6-8-9-15(4,10-11-17-14(20)7-2)19(5)12-18-13(3)16/h7,12H,2-3,6,8-11,16H2,1,4-5H3,(H,17,20)/b18-12-. The average Bonchev–Trinajstić information content (AvgIpc) is 2.42. The number of aliphatic imine (C=N–C) groups is 1. The van der Waals surface area contributed by atoms with E-state index in [2.05, 4.69) is 37.3 Å². The normalized spacial score (nSPS) is 13.8. The maximum Gasteiger partial charge on any atom is 0.243 e. The van der Waals surface area contributed by atoms with Crippen molar-refractivity contribution in [3.8, 4) is 0 Å². The monoisotopic (exact) mass is 280 g/mol. The maximum atomic E-state index is 11.2. The molecule has 1 unspecified atom stereocenters. The van der Waals surface area contributed by atoms with Crippen LogP contribution in [0.1, 0.15) is 39.5 Å². The van der Waals surface area contributed by atoms with Crippen LogP contribution in [0, 0.1) is 0 Å². The first-order chi connectivity index (χ1) is 9.35. The number of unbranched alkanes of at least 4 members (excludes halogenated alkanes) is 1. The highest BCUT2D eigenvalue weighted by molar-refractivity contribution is 5.86. The van der Waals surface area contributed by atoms with E-state index in [-0.39, 0.29) is 17.3 Å². The number of rotatable bonds is 10. The molecule has 0 aliphatic heterocycles. The van der Waals surface area contributed by atoms with E-state index in [1.165, 1.54) is 6.08 Å². The molecular weight excluding hydrogens is 252 g/mol. The van der Waals surface area contributed by atoms with Gasteiger partial charge in [0.05, 0.1) is 6.34 Å². The summed E-state index contributed by atoms with van der Waals surface area (Å²) >= 11 is 0. The van der Waals surface area contributed by atoms with Gasteiger partial charge in [-0.25, -0.2) is 4.99 Å². The summed E-state index contributed by atoms with van der Waals surface area (Å²) in [6.45, 7) is 11.9. The van der Waals surface area contributed by atoms with Crippen molar-refractivity contribution in [1.29, 1.82) is 0 Å². The Morgan fingerprint density at radius 2 is 2.15 bits per heavy atom. The number of hydrogen-bond acceptors (Lipinski definition) is 3. The minimum Gasteiger partial charge on any atom is -0.384 e. The molecule has 0 aromatic rings. The predicted octanol–water partition coefficient (Wildman–Crippen LogP) is 2.02. The molecule has 0 aromatic carbocycles. The van der Waals surface area contributed by atoms with Crippen LogP contribution in [0.5, 0.6) is 0 Å². The van der Waals surface area contributed by atoms with Crippen molar-refractivity contribution in [3.05, 3.63) is 25.1 Å². The molecule has 0 aromatic heterocycles. The molecule has 5 nitrogen and oxygen atoms in total. The van der Waals surface area contributed by atoms with E-state index in [1.54, 1.807) is 6.34 Å². The van der Waals surface area contributed by atoms with Crippen LogP contribution >= 0.6 is 0 Å². The van der Waals surface area contributed by atoms with E-state index in [4.69, 9.17) is 5.73 Å². The van der Waals surface area contributed by atoms with Gasteiger partial charge in [0.2, 0.25) is 5.91 Å². The lowest BCUT2D eigenvalue weighted by molar-refractivity contribution is -0.116. The molecule has 3 N–H and O–H groups in total. The zero-order chi connectivity index (χ0) is 15.6. The quantitative estimate of drug-likeness (QED) is 0.365. The molecule has 0 bridgehead atoms. The van der Waals surface area contributed by atoms with Crippen LogP contribution in [0.4, 0.5) is 0 Å². The Balaban J connectivity index is 4.66. The zero-order valence-electron chi connectivity index (χ0n) is 13.0. The summed E-state index contributed by atoms with van der Waals surface area (Å²) in [6, 6.07) is 0. The molecule has 0 rings (SSSR count). The summed E-state index contributed by atoms with van der Waals surface area (Å²) in [6.07, 6.45) is 7.08. The lowest BCUT2D eigenvalue weighted by Crippen LogP contribution is -2.45. The Bertz CT molecular complexity index is 365. The lowest BCUT2D eigenvalue weighted by Gasteiger charge is -2.38. The van der Waals surface area contributed by atoms with Crippen LogP contribution in [0.15, 0.2) is 30.0 Å². The van der Waals surface area contributed by atoms with Gasteiger partial charge in [-0.1, -0.05) is 32.9 Å². The summed E-state index contributed by atoms with van der Waals surface area (Å²) in [5, 5.41) is 2.81. The van der Waals surface area contributed by atoms with Crippen molar-refractivity contribution in [2.24, 2.45) is 10.7 Å². The molecule has 0 aliphatic carbocycles. The number of nitrogens with two attached hydrogens (primary N) is 1. The molecule has 0 radical (unpaired) electrons. The molecule has 1 atom stereocenters. The fourth-order valence-electron chi connectivity index (χ4n) is 1.86. The molecule has 0 fully saturated rings. The molecule has 0 spiro atoms. The van der Waals surface area contributed by atoms with Gasteiger partial charge in [0.15, 0.2) is 0 Å². The van der Waals surface area contributed by atoms with Crippen molar-refractivity contribution in [3.63, 3.8) is 0 Å². The fraction of sp³-hybridized carbons (Fsp3) is 0.600. The minimum absolute atomic E-state index is 0.0800. The van der Waals surface area contributed by atoms with Gasteiger partial charge in [-0.2, -0.15) is 0 Å². The fourth-order valence-corrected chi connectivity index (χ4v) is 1.86. The van der Waals surface area contributed by atoms with E-state index in [0.717, 1.165) is 25.7 Å². The number of hydrogen-bond donors (Lipinski definition) is 2. The Kier molecular flexibility index (Phi) is 8.36. The van der Waals surface area contributed by atoms with Crippen LogP contribution in [0.2, 0.25) is 0 Å². The van der Waals surface area contributed by atoms with Gasteiger partial charge < -0.3 is 16.0 Å². The van der Waals surface area contributed by atoms with Crippen LogP contribution in [-0.4, -0.2) is 36.3 Å². The molecule has 1 amide bonds. The van der Waals surface area contributed by atoms with Gasteiger partial charge in [0.1, 0.15) is 5.82 Å². The van der Waals surface area contributed by atoms with Crippen molar-refractivity contribution >= 4 is 12.2 Å². The molecule has 0 aliphatic rings. The van der Waals surface area contributed by atoms with Crippen molar-refractivity contribution in [2.75, 3.05) is 13.6 Å². The Hall–Kier alpha value is -1.78. The first-order valence-corrected chi connectivity index (χ1v) is 6.97. The van der Waals surface area contributed by atoms with E-state index >= 15 is 0 Å². The third kappa shape index (κ3) is 6.97. The maximum absolute atomic E-state index is 11.2. The lowest BCUT2D eigenvalue weighted by atomic mass is 9.90. The van der Waals surface area contributed by atoms with Gasteiger partial charge >= 0.3 is 0 Å². The minimum atomic E-state index is -0.144. The number of carbonyl (C=O) groups is 1. The van der Waals surface area contributed by atoms with Crippen molar-refractivity contribution in [2.45, 2.75) is 45.1 Å². The molecule has 5 heteroatoms. The molecule has 20 heavy (non-hydrogen) atoms. The third-order valence-corrected chi connectivity index (χ3v) is 3.47. The van der Waals surface area contributed by atoms with E-state index in [9.17, 15) is 4.79 Å². The van der Waals surface area contributed by atoms with Crippen molar-refractivity contribution in [1.82, 2.24) is 10.2 Å². The number of nitrogens with zero attached hydrogens (tertiary/aromatic N) is 2. The number of amides is 1. The first kappa shape index (κ1) is 18.2. The van der Waals surface area contributed by atoms with Gasteiger partial charge in [-0.05, 0) is 25.8 Å². The largest absolute Gasteiger partial charge is 0.384 e. The van der Waals surface area contributed by atoms with Gasteiger partial charge in [-0.15, -0.1) is 0 Å². The van der Waals surface area contributed by atoms with Gasteiger partial charge in [0, 0.05) is 19.1 Å². The number of nitrogens with one attached hydrogen (secondary N) is 1. The highest BCUT2D eigenvalue weighted by atomic mass is 16.1. The molecule has 0 saturated heterocycles. The smallest absolute Gasteiger partial charge is 0.243 e. The molecule has 0 saturated carbocycles. The zero-order valence-corrected chi connectivity index (χ0v) is 13.0. The van der Waals surface area contributed by atoms with E-state index < -0.39 is 0 Å². The van der Waals surface area contributed by atoms with Gasteiger partial charge in [0.25, 0.3) is 0 Å². The highest BCUT2D eigenvalue weighted by Crippen LogP contribution is 2.23. The predicted molar refractivity (Wildman–Crippen MR) is 85.3 cm³/mol. The Morgan fingerprint density at radius 3 is 2.65 bits per heavy atom. The topological polar surface area (TPSA) is 70.7 Å². The second-order valence-electron chi connectivity index (χ2n) is 5.19. The second kappa shape index (κ2) is 9.18. The summed E-state index contributed by atoms with van der Waals surface area (Å²) in [5.74, 6) is 0.143. The third-order valence-electron chi connectivity index (χ3n) is 3.47. The molecule has 0 heterocycles. The van der Waals surface area contributed by atoms with E-state index in [1.807, 2.05) is 11.9 Å². The summed E-state index contributed by atoms with van der Waals surface area (Å²) in [7, 11) is 1.97. The average molecular weight is 280 g/mol. The Morgan fingerprint density at radius 1 is 1.50 bits per heavy atom. The number of carbonyl (C=O) groups excluding carboxylic acids is 1. The van der Waals surface area contributed by atoms with Crippen LogP contribution in [-0.2, 0) is 4.79 Å². The Labute approximate surface area is 122 Å². The summed E-state index contributed by atoms with van der Waals surface area (Å²) in [4.78, 5) is 17.3. The van der Waals surface area contributed by atoms with Crippen LogP contribution < -0.4 is 11.1 Å². The van der Waals surface area contributed by atoms with Crippen molar-refractivity contribution < 1.29 is 4.79 Å². The van der Waals surface area contributed by atoms with Crippen LogP contribution in [0.25, 0.3) is 0 Å². The van der Waals surface area contributed by atoms with Gasteiger partial charge in [-0.3, -0.25) is 4.79 Å². The molecular formula is C15H28N4O. The highest BCUT2D eigenvalue weighted by Gasteiger charge is 2.26. The summed E-state index contributed by atoms with van der Waals surface area (Å²) < 4.78 is 0. The van der Waals surface area contributed by atoms with E-state index in [0.29, 0.717) is 6.54 Å². The second-order valence-corrected chi connectivity index (χ2v) is 5.19. The molecule has 114 valence electrons. The first-order valence-electron chi connectivity index (χ1n) is 6.97.